The monoisotopic (exact) mass is 780 g/mol. The molecule has 0 N–H and O–H groups in total. The second-order valence-corrected chi connectivity index (χ2v) is 10.2. The van der Waals surface area contributed by atoms with Gasteiger partial charge in [-0.3, -0.25) is 0 Å². The van der Waals surface area contributed by atoms with E-state index in [4.69, 9.17) is 0 Å². The van der Waals surface area contributed by atoms with Crippen molar-refractivity contribution in [1.82, 2.24) is 0 Å². The number of benzene rings is 4. The Bertz CT molecular complexity index is 1140. The average Bonchev–Trinajstić information content (AvgIpc) is 3.40. The van der Waals surface area contributed by atoms with Crippen LogP contribution in [-0.2, 0) is 25.8 Å². The molecule has 0 heterocycles. The number of hydrogen-bond acceptors (Lipinski definition) is 0. The topological polar surface area (TPSA) is 0 Å². The summed E-state index contributed by atoms with van der Waals surface area (Å²) in [6.07, 6.45) is 4.97. The standard InChI is InChI=1S/C34H34.2BrH.Hf/c1-3-13-27(33-29-19-9-5-15-23(29)24-16-6-10-20-30(24)33)28(14-4-2)34-31-21-11-7-17-25(31)26-18-8-12-22-32(26)34;;;/h5-12,15-22,27-28,33-34H,3-4,13-14H2,1-2H3;2*1H;/p-2. The second kappa shape index (κ2) is 13.2. The third kappa shape index (κ3) is 5.18. The quantitative estimate of drug-likeness (QED) is 0.253. The van der Waals surface area contributed by atoms with E-state index in [9.17, 15) is 0 Å². The van der Waals surface area contributed by atoms with Gasteiger partial charge in [0.2, 0.25) is 0 Å². The van der Waals surface area contributed by atoms with E-state index in [1.54, 1.807) is 22.3 Å². The Morgan fingerprint density at radius 2 is 0.703 bits per heavy atom. The molecule has 37 heavy (non-hydrogen) atoms. The van der Waals surface area contributed by atoms with Crippen molar-refractivity contribution in [2.24, 2.45) is 11.8 Å². The molecule has 0 bridgehead atoms. The molecular weight excluding hydrogens is 747 g/mol. The summed E-state index contributed by atoms with van der Waals surface area (Å²) >= 11 is 0. The fourth-order valence-corrected chi connectivity index (χ4v) is 7.23. The van der Waals surface area contributed by atoms with Crippen molar-refractivity contribution in [3.05, 3.63) is 119 Å². The fourth-order valence-electron chi connectivity index (χ4n) is 7.23. The van der Waals surface area contributed by atoms with Crippen LogP contribution in [0.5, 0.6) is 0 Å². The van der Waals surface area contributed by atoms with Crippen LogP contribution in [0.4, 0.5) is 0 Å². The van der Waals surface area contributed by atoms with Crippen LogP contribution in [0.25, 0.3) is 22.3 Å². The van der Waals surface area contributed by atoms with Gasteiger partial charge in [0.1, 0.15) is 0 Å². The molecule has 4 aromatic rings. The van der Waals surface area contributed by atoms with E-state index in [1.807, 2.05) is 0 Å². The summed E-state index contributed by atoms with van der Waals surface area (Å²) in [5, 5.41) is 0. The molecule has 2 aliphatic carbocycles. The van der Waals surface area contributed by atoms with E-state index in [0.29, 0.717) is 23.7 Å². The smallest absolute Gasteiger partial charge is 0.0133 e. The Morgan fingerprint density at radius 1 is 0.459 bits per heavy atom. The number of halogens is 2. The summed E-state index contributed by atoms with van der Waals surface area (Å²) in [6, 6.07) is 36.8. The minimum absolute atomic E-state index is 0. The minimum Gasteiger partial charge on any atom is -1.00 e. The molecule has 6 rings (SSSR count). The van der Waals surface area contributed by atoms with Gasteiger partial charge in [0, 0.05) is 37.7 Å². The maximum Gasteiger partial charge on any atom is 0.0133 e. The molecule has 2 aliphatic rings. The van der Waals surface area contributed by atoms with E-state index in [1.165, 1.54) is 47.9 Å². The molecule has 190 valence electrons. The summed E-state index contributed by atoms with van der Waals surface area (Å²) in [5.74, 6) is 2.17. The first-order chi connectivity index (χ1) is 16.8. The van der Waals surface area contributed by atoms with E-state index >= 15 is 0 Å². The van der Waals surface area contributed by atoms with Crippen LogP contribution in [-0.4, -0.2) is 0 Å². The van der Waals surface area contributed by atoms with Crippen LogP contribution in [0.2, 0.25) is 0 Å². The van der Waals surface area contributed by atoms with Crippen molar-refractivity contribution in [2.45, 2.75) is 51.4 Å². The fraction of sp³-hybridized carbons (Fsp3) is 0.294. The number of fused-ring (bicyclic) bond motifs is 6. The van der Waals surface area contributed by atoms with Crippen molar-refractivity contribution in [3.63, 3.8) is 0 Å². The third-order valence-electron chi connectivity index (χ3n) is 8.41. The Kier molecular flexibility index (Phi) is 10.8. The molecule has 3 heteroatoms. The zero-order valence-corrected chi connectivity index (χ0v) is 28.4. The Balaban J connectivity index is 0.00000127. The molecule has 0 fully saturated rings. The van der Waals surface area contributed by atoms with Crippen LogP contribution in [0.1, 0.15) is 73.6 Å². The molecule has 0 amide bonds. The van der Waals surface area contributed by atoms with Crippen LogP contribution in [0, 0.1) is 11.8 Å². The Labute approximate surface area is 262 Å². The largest absolute Gasteiger partial charge is 1.00 e. The van der Waals surface area contributed by atoms with E-state index in [-0.39, 0.29) is 59.8 Å². The van der Waals surface area contributed by atoms with Crippen molar-refractivity contribution in [1.29, 1.82) is 0 Å². The second-order valence-electron chi connectivity index (χ2n) is 10.2. The molecule has 0 aliphatic heterocycles. The predicted octanol–water partition coefficient (Wildman–Crippen LogP) is 3.45. The zero-order chi connectivity index (χ0) is 23.1. The van der Waals surface area contributed by atoms with Crippen LogP contribution >= 0.6 is 0 Å². The zero-order valence-electron chi connectivity index (χ0n) is 21.6. The maximum absolute atomic E-state index is 2.40. The van der Waals surface area contributed by atoms with Gasteiger partial charge in [0.15, 0.2) is 0 Å². The summed E-state index contributed by atoms with van der Waals surface area (Å²) < 4.78 is 0. The summed E-state index contributed by atoms with van der Waals surface area (Å²) in [4.78, 5) is 0. The summed E-state index contributed by atoms with van der Waals surface area (Å²) in [6.45, 7) is 4.75. The van der Waals surface area contributed by atoms with Gasteiger partial charge in [0.25, 0.3) is 0 Å². The van der Waals surface area contributed by atoms with Gasteiger partial charge in [-0.05, 0) is 69.2 Å². The van der Waals surface area contributed by atoms with Crippen molar-refractivity contribution in [2.75, 3.05) is 0 Å². The molecule has 0 saturated carbocycles. The molecule has 0 nitrogen and oxygen atoms in total. The van der Waals surface area contributed by atoms with Crippen LogP contribution in [0.3, 0.4) is 0 Å². The Morgan fingerprint density at radius 3 is 0.946 bits per heavy atom. The molecule has 0 radical (unpaired) electrons. The molecule has 2 atom stereocenters. The first-order valence-electron chi connectivity index (χ1n) is 13.2. The first kappa shape index (κ1) is 30.3. The van der Waals surface area contributed by atoms with Gasteiger partial charge in [-0.25, -0.2) is 0 Å². The molecule has 0 aromatic heterocycles. The third-order valence-corrected chi connectivity index (χ3v) is 8.41. The van der Waals surface area contributed by atoms with Crippen LogP contribution < -0.4 is 34.0 Å². The molecular formula is C34H34Br2Hf-2. The normalized spacial score (nSPS) is 14.6. The summed E-state index contributed by atoms with van der Waals surface area (Å²) in [7, 11) is 0. The average molecular weight is 781 g/mol. The maximum atomic E-state index is 2.40. The van der Waals surface area contributed by atoms with Gasteiger partial charge in [-0.1, -0.05) is 124 Å². The van der Waals surface area contributed by atoms with Gasteiger partial charge in [-0.2, -0.15) is 0 Å². The van der Waals surface area contributed by atoms with E-state index < -0.39 is 0 Å². The van der Waals surface area contributed by atoms with Crippen molar-refractivity contribution in [3.8, 4) is 22.3 Å². The van der Waals surface area contributed by atoms with E-state index in [2.05, 4.69) is 111 Å². The Hall–Kier alpha value is -1.29. The molecule has 2 unspecified atom stereocenters. The number of hydrogen-bond donors (Lipinski definition) is 0. The van der Waals surface area contributed by atoms with Gasteiger partial charge >= 0.3 is 0 Å². The van der Waals surface area contributed by atoms with Gasteiger partial charge in [0.05, 0.1) is 0 Å². The van der Waals surface area contributed by atoms with Gasteiger partial charge in [-0.15, -0.1) is 0 Å². The van der Waals surface area contributed by atoms with Crippen molar-refractivity contribution >= 4 is 0 Å². The summed E-state index contributed by atoms with van der Waals surface area (Å²) in [5.41, 5.74) is 12.0. The molecule has 0 saturated heterocycles. The van der Waals surface area contributed by atoms with Gasteiger partial charge < -0.3 is 34.0 Å². The van der Waals surface area contributed by atoms with Crippen molar-refractivity contribution < 1.29 is 59.8 Å². The first-order valence-corrected chi connectivity index (χ1v) is 13.2. The number of rotatable bonds is 7. The molecule has 4 aromatic carbocycles. The minimum atomic E-state index is 0. The van der Waals surface area contributed by atoms with Crippen LogP contribution in [0.15, 0.2) is 97.1 Å². The predicted molar refractivity (Wildman–Crippen MR) is 144 cm³/mol. The SMILES string of the molecule is CCCC(C1c2ccccc2-c2ccccc21)C(CCC)C1c2ccccc2-c2ccccc21.[Br-].[Br-].[Hf]. The molecule has 0 spiro atoms. The van der Waals surface area contributed by atoms with E-state index in [0.717, 1.165) is 0 Å².